The maximum Gasteiger partial charge on any atom is 0.0429 e. The van der Waals surface area contributed by atoms with Gasteiger partial charge in [-0.1, -0.05) is 32.4 Å². The SMILES string of the molecule is CCC(C)(C)CNCc1cc(N)cc(Cl)c1. The number of anilines is 1. The van der Waals surface area contributed by atoms with Crippen LogP contribution in [0.5, 0.6) is 0 Å². The Balaban J connectivity index is 2.49. The Morgan fingerprint density at radius 1 is 1.31 bits per heavy atom. The number of halogens is 1. The van der Waals surface area contributed by atoms with Gasteiger partial charge < -0.3 is 11.1 Å². The van der Waals surface area contributed by atoms with E-state index in [1.165, 1.54) is 0 Å². The van der Waals surface area contributed by atoms with E-state index in [9.17, 15) is 0 Å². The monoisotopic (exact) mass is 240 g/mol. The van der Waals surface area contributed by atoms with Crippen molar-refractivity contribution in [2.45, 2.75) is 33.7 Å². The summed E-state index contributed by atoms with van der Waals surface area (Å²) >= 11 is 5.94. The summed E-state index contributed by atoms with van der Waals surface area (Å²) in [5.41, 5.74) is 7.93. The summed E-state index contributed by atoms with van der Waals surface area (Å²) < 4.78 is 0. The molecule has 3 N–H and O–H groups in total. The quantitative estimate of drug-likeness (QED) is 0.774. The molecular weight excluding hydrogens is 220 g/mol. The van der Waals surface area contributed by atoms with Crippen molar-refractivity contribution in [3.63, 3.8) is 0 Å². The molecule has 0 bridgehead atoms. The molecule has 0 fully saturated rings. The van der Waals surface area contributed by atoms with Crippen LogP contribution in [0.3, 0.4) is 0 Å². The molecule has 0 unspecified atom stereocenters. The standard InChI is InChI=1S/C13H21ClN2/c1-4-13(2,3)9-16-8-10-5-11(14)7-12(15)6-10/h5-7,16H,4,8-9,15H2,1-3H3. The van der Waals surface area contributed by atoms with Gasteiger partial charge in [0.2, 0.25) is 0 Å². The van der Waals surface area contributed by atoms with Gasteiger partial charge >= 0.3 is 0 Å². The first-order valence-electron chi connectivity index (χ1n) is 5.68. The summed E-state index contributed by atoms with van der Waals surface area (Å²) in [4.78, 5) is 0. The highest BCUT2D eigenvalue weighted by Crippen LogP contribution is 2.19. The van der Waals surface area contributed by atoms with E-state index in [2.05, 4.69) is 26.1 Å². The van der Waals surface area contributed by atoms with Gasteiger partial charge in [0.1, 0.15) is 0 Å². The summed E-state index contributed by atoms with van der Waals surface area (Å²) in [6, 6.07) is 5.67. The fraction of sp³-hybridized carbons (Fsp3) is 0.538. The van der Waals surface area contributed by atoms with Crippen LogP contribution < -0.4 is 11.1 Å². The summed E-state index contributed by atoms with van der Waals surface area (Å²) in [6.45, 7) is 8.53. The fourth-order valence-corrected chi connectivity index (χ4v) is 1.71. The second-order valence-corrected chi connectivity index (χ2v) is 5.45. The van der Waals surface area contributed by atoms with Crippen LogP contribution in [0.4, 0.5) is 5.69 Å². The van der Waals surface area contributed by atoms with Crippen LogP contribution in [0.2, 0.25) is 5.02 Å². The third kappa shape index (κ3) is 4.42. The van der Waals surface area contributed by atoms with Gasteiger partial charge in [-0.15, -0.1) is 0 Å². The molecule has 0 radical (unpaired) electrons. The fourth-order valence-electron chi connectivity index (χ4n) is 1.45. The first kappa shape index (κ1) is 13.3. The topological polar surface area (TPSA) is 38.0 Å². The van der Waals surface area contributed by atoms with E-state index in [-0.39, 0.29) is 0 Å². The molecule has 0 saturated heterocycles. The lowest BCUT2D eigenvalue weighted by Gasteiger charge is -2.23. The number of nitrogens with one attached hydrogen (secondary N) is 1. The van der Waals surface area contributed by atoms with Gasteiger partial charge in [-0.25, -0.2) is 0 Å². The van der Waals surface area contributed by atoms with Crippen molar-refractivity contribution < 1.29 is 0 Å². The van der Waals surface area contributed by atoms with Gasteiger partial charge in [0, 0.05) is 23.8 Å². The molecule has 3 heteroatoms. The minimum atomic E-state index is 0.337. The van der Waals surface area contributed by atoms with Crippen molar-refractivity contribution in [1.29, 1.82) is 0 Å². The highest BCUT2D eigenvalue weighted by molar-refractivity contribution is 6.30. The Bertz CT molecular complexity index is 328. The maximum atomic E-state index is 5.94. The number of benzene rings is 1. The molecule has 0 atom stereocenters. The first-order chi connectivity index (χ1) is 7.43. The van der Waals surface area contributed by atoms with Gasteiger partial charge in [0.15, 0.2) is 0 Å². The number of nitrogen functional groups attached to an aromatic ring is 1. The van der Waals surface area contributed by atoms with Crippen LogP contribution in [0.1, 0.15) is 32.8 Å². The van der Waals surface area contributed by atoms with Crippen LogP contribution in [-0.4, -0.2) is 6.54 Å². The second-order valence-electron chi connectivity index (χ2n) is 5.01. The van der Waals surface area contributed by atoms with Crippen molar-refractivity contribution in [3.05, 3.63) is 28.8 Å². The molecule has 0 heterocycles. The third-order valence-corrected chi connectivity index (χ3v) is 3.09. The van der Waals surface area contributed by atoms with E-state index in [1.807, 2.05) is 12.1 Å². The minimum absolute atomic E-state index is 0.337. The van der Waals surface area contributed by atoms with Crippen LogP contribution in [0, 0.1) is 5.41 Å². The Morgan fingerprint density at radius 2 is 2.00 bits per heavy atom. The zero-order valence-corrected chi connectivity index (χ0v) is 11.1. The Labute approximate surface area is 103 Å². The number of hydrogen-bond donors (Lipinski definition) is 2. The van der Waals surface area contributed by atoms with Crippen molar-refractivity contribution in [1.82, 2.24) is 5.32 Å². The maximum absolute atomic E-state index is 5.94. The van der Waals surface area contributed by atoms with Crippen LogP contribution >= 0.6 is 11.6 Å². The molecular formula is C13H21ClN2. The molecule has 2 nitrogen and oxygen atoms in total. The molecule has 0 aliphatic heterocycles. The smallest absolute Gasteiger partial charge is 0.0429 e. The van der Waals surface area contributed by atoms with Crippen LogP contribution in [0.15, 0.2) is 18.2 Å². The normalized spacial score (nSPS) is 11.8. The molecule has 1 aromatic carbocycles. The number of rotatable bonds is 5. The average molecular weight is 241 g/mol. The summed E-state index contributed by atoms with van der Waals surface area (Å²) in [7, 11) is 0. The van der Waals surface area contributed by atoms with E-state index < -0.39 is 0 Å². The number of hydrogen-bond acceptors (Lipinski definition) is 2. The van der Waals surface area contributed by atoms with Crippen LogP contribution in [0.25, 0.3) is 0 Å². The van der Waals surface area contributed by atoms with Gasteiger partial charge in [0.05, 0.1) is 0 Å². The van der Waals surface area contributed by atoms with E-state index in [0.29, 0.717) is 10.4 Å². The lowest BCUT2D eigenvalue weighted by molar-refractivity contribution is 0.327. The number of nitrogens with two attached hydrogens (primary N) is 1. The predicted octanol–water partition coefficient (Wildman–Crippen LogP) is 3.45. The average Bonchev–Trinajstić information content (AvgIpc) is 2.16. The highest BCUT2D eigenvalue weighted by atomic mass is 35.5. The molecule has 0 aromatic heterocycles. The van der Waals surface area contributed by atoms with E-state index in [1.54, 1.807) is 6.07 Å². The summed E-state index contributed by atoms with van der Waals surface area (Å²) in [5, 5.41) is 4.13. The Hall–Kier alpha value is -0.730. The van der Waals surface area contributed by atoms with Gasteiger partial charge in [0.25, 0.3) is 0 Å². The van der Waals surface area contributed by atoms with Crippen molar-refractivity contribution in [2.24, 2.45) is 5.41 Å². The van der Waals surface area contributed by atoms with Crippen molar-refractivity contribution in [2.75, 3.05) is 12.3 Å². The highest BCUT2D eigenvalue weighted by Gasteiger charge is 2.13. The second kappa shape index (κ2) is 5.55. The molecule has 1 aromatic rings. The van der Waals surface area contributed by atoms with Gasteiger partial charge in [-0.05, 0) is 35.6 Å². The predicted molar refractivity (Wildman–Crippen MR) is 71.6 cm³/mol. The van der Waals surface area contributed by atoms with Crippen molar-refractivity contribution >= 4 is 17.3 Å². The molecule has 90 valence electrons. The van der Waals surface area contributed by atoms with E-state index in [4.69, 9.17) is 17.3 Å². The van der Waals surface area contributed by atoms with E-state index in [0.717, 1.165) is 30.8 Å². The van der Waals surface area contributed by atoms with E-state index >= 15 is 0 Å². The van der Waals surface area contributed by atoms with Gasteiger partial charge in [-0.3, -0.25) is 0 Å². The molecule has 1 rings (SSSR count). The third-order valence-electron chi connectivity index (χ3n) is 2.87. The molecule has 0 saturated carbocycles. The first-order valence-corrected chi connectivity index (χ1v) is 6.06. The van der Waals surface area contributed by atoms with Crippen LogP contribution in [-0.2, 0) is 6.54 Å². The molecule has 0 amide bonds. The molecule has 0 aliphatic rings. The lowest BCUT2D eigenvalue weighted by Crippen LogP contribution is -2.28. The Morgan fingerprint density at radius 3 is 2.56 bits per heavy atom. The summed E-state index contributed by atoms with van der Waals surface area (Å²) in [6.07, 6.45) is 1.16. The molecule has 0 aliphatic carbocycles. The zero-order chi connectivity index (χ0) is 12.2. The molecule has 0 spiro atoms. The zero-order valence-electron chi connectivity index (χ0n) is 10.3. The largest absolute Gasteiger partial charge is 0.399 e. The molecule has 16 heavy (non-hydrogen) atoms. The Kier molecular flexibility index (Phi) is 4.63. The van der Waals surface area contributed by atoms with Gasteiger partial charge in [-0.2, -0.15) is 0 Å². The minimum Gasteiger partial charge on any atom is -0.399 e. The lowest BCUT2D eigenvalue weighted by atomic mass is 9.90. The summed E-state index contributed by atoms with van der Waals surface area (Å²) in [5.74, 6) is 0. The van der Waals surface area contributed by atoms with Crippen molar-refractivity contribution in [3.8, 4) is 0 Å².